The van der Waals surface area contributed by atoms with Crippen molar-refractivity contribution in [3.05, 3.63) is 46.3 Å². The van der Waals surface area contributed by atoms with Gasteiger partial charge >= 0.3 is 0 Å². The van der Waals surface area contributed by atoms with E-state index in [1.165, 1.54) is 24.8 Å². The van der Waals surface area contributed by atoms with E-state index in [1.54, 1.807) is 16.3 Å². The molecular formula is C19H21FN4OS. The topological polar surface area (TPSA) is 51.9 Å². The maximum atomic E-state index is 14.6. The predicted octanol–water partition coefficient (Wildman–Crippen LogP) is 3.95. The van der Waals surface area contributed by atoms with E-state index in [0.29, 0.717) is 22.6 Å². The third kappa shape index (κ3) is 3.00. The van der Waals surface area contributed by atoms with E-state index in [4.69, 9.17) is 0 Å². The molecule has 1 aromatic carbocycles. The van der Waals surface area contributed by atoms with Crippen LogP contribution in [0.5, 0.6) is 0 Å². The highest BCUT2D eigenvalue weighted by molar-refractivity contribution is 7.99. The number of aromatic nitrogens is 3. The summed E-state index contributed by atoms with van der Waals surface area (Å²) < 4.78 is 21.1. The summed E-state index contributed by atoms with van der Waals surface area (Å²) in [6.07, 6.45) is 6.08. The van der Waals surface area contributed by atoms with Crippen molar-refractivity contribution in [1.29, 1.82) is 0 Å². The highest BCUT2D eigenvalue weighted by Crippen LogP contribution is 2.36. The molecule has 0 saturated heterocycles. The predicted molar refractivity (Wildman–Crippen MR) is 105 cm³/mol. The minimum atomic E-state index is -0.444. The molecule has 3 aromatic rings. The lowest BCUT2D eigenvalue weighted by Crippen LogP contribution is -2.18. The van der Waals surface area contributed by atoms with Crippen molar-refractivity contribution in [2.45, 2.75) is 26.3 Å². The van der Waals surface area contributed by atoms with Crippen molar-refractivity contribution in [2.75, 3.05) is 11.0 Å². The third-order valence-corrected chi connectivity index (χ3v) is 5.27. The number of rotatable bonds is 5. The Labute approximate surface area is 155 Å². The Bertz CT molecular complexity index is 1030. The molecule has 0 radical (unpaired) electrons. The Morgan fingerprint density at radius 1 is 1.31 bits per heavy atom. The molecule has 1 aliphatic carbocycles. The Hall–Kier alpha value is -2.28. The minimum absolute atomic E-state index is 0.0119. The largest absolute Gasteiger partial charge is 0.329 e. The van der Waals surface area contributed by atoms with E-state index in [9.17, 15) is 9.18 Å². The summed E-state index contributed by atoms with van der Waals surface area (Å²) in [6.45, 7) is 2.55. The molecule has 4 rings (SSSR count). The van der Waals surface area contributed by atoms with Crippen LogP contribution in [0.15, 0.2) is 29.2 Å². The van der Waals surface area contributed by atoms with E-state index >= 15 is 0 Å². The van der Waals surface area contributed by atoms with Crippen LogP contribution in [-0.4, -0.2) is 20.6 Å². The van der Waals surface area contributed by atoms with Crippen LogP contribution in [0, 0.1) is 18.8 Å². The zero-order valence-corrected chi connectivity index (χ0v) is 15.9. The van der Waals surface area contributed by atoms with Gasteiger partial charge in [0.15, 0.2) is 0 Å². The van der Waals surface area contributed by atoms with Gasteiger partial charge < -0.3 is 9.29 Å². The first-order valence-electron chi connectivity index (χ1n) is 8.64. The van der Waals surface area contributed by atoms with Crippen LogP contribution in [-0.2, 0) is 13.6 Å². The summed E-state index contributed by atoms with van der Waals surface area (Å²) >= 11 is 1.42. The number of anilines is 1. The van der Waals surface area contributed by atoms with E-state index < -0.39 is 5.95 Å². The smallest absolute Gasteiger partial charge is 0.253 e. The molecule has 26 heavy (non-hydrogen) atoms. The zero-order chi connectivity index (χ0) is 18.4. The Morgan fingerprint density at radius 2 is 2.08 bits per heavy atom. The van der Waals surface area contributed by atoms with Crippen LogP contribution in [0.25, 0.3) is 22.0 Å². The van der Waals surface area contributed by atoms with Crippen molar-refractivity contribution >= 4 is 28.5 Å². The molecule has 0 spiro atoms. The summed E-state index contributed by atoms with van der Waals surface area (Å²) in [6, 6.07) is 5.77. The molecule has 136 valence electrons. The SMILES string of the molecule is CSNc1cc(-c2cc(C)c(=O)n(C)c2)cc2c1c(F)nn2CC1CC1. The molecule has 0 bridgehead atoms. The molecule has 0 amide bonds. The Morgan fingerprint density at radius 3 is 2.73 bits per heavy atom. The zero-order valence-electron chi connectivity index (χ0n) is 15.0. The normalized spacial score (nSPS) is 14.2. The van der Waals surface area contributed by atoms with Crippen LogP contribution in [0.4, 0.5) is 10.1 Å². The summed E-state index contributed by atoms with van der Waals surface area (Å²) in [4.78, 5) is 12.0. The number of hydrogen-bond donors (Lipinski definition) is 1. The number of hydrogen-bond acceptors (Lipinski definition) is 4. The molecule has 0 atom stereocenters. The number of nitrogens with one attached hydrogen (secondary N) is 1. The van der Waals surface area contributed by atoms with Crippen molar-refractivity contribution in [3.63, 3.8) is 0 Å². The van der Waals surface area contributed by atoms with Gasteiger partial charge in [0, 0.05) is 31.6 Å². The fourth-order valence-corrected chi connectivity index (χ4v) is 3.71. The average molecular weight is 372 g/mol. The van der Waals surface area contributed by atoms with Gasteiger partial charge in [-0.05, 0) is 55.0 Å². The number of benzene rings is 1. The fourth-order valence-electron chi connectivity index (χ4n) is 3.33. The monoisotopic (exact) mass is 372 g/mol. The standard InChI is InChI=1S/C19H21FN4OS/c1-11-6-14(10-23(2)19(11)25)13-7-15(22-26-3)17-16(8-13)24(21-18(17)20)9-12-4-5-12/h6-8,10,12,22H,4-5,9H2,1-3H3. The molecular weight excluding hydrogens is 351 g/mol. The van der Waals surface area contributed by atoms with Crippen molar-refractivity contribution in [2.24, 2.45) is 13.0 Å². The molecule has 0 aliphatic heterocycles. The highest BCUT2D eigenvalue weighted by atomic mass is 32.2. The number of fused-ring (bicyclic) bond motifs is 1. The first-order chi connectivity index (χ1) is 12.5. The molecule has 1 N–H and O–H groups in total. The van der Waals surface area contributed by atoms with Crippen LogP contribution < -0.4 is 10.3 Å². The second kappa shape index (κ2) is 6.46. The van der Waals surface area contributed by atoms with E-state index in [1.807, 2.05) is 37.6 Å². The van der Waals surface area contributed by atoms with Gasteiger partial charge in [-0.15, -0.1) is 5.10 Å². The van der Waals surface area contributed by atoms with E-state index in [2.05, 4.69) is 9.82 Å². The summed E-state index contributed by atoms with van der Waals surface area (Å²) in [5.41, 5.74) is 4.02. The van der Waals surface area contributed by atoms with Crippen molar-refractivity contribution < 1.29 is 4.39 Å². The van der Waals surface area contributed by atoms with Crippen LogP contribution in [0.1, 0.15) is 18.4 Å². The fraction of sp³-hybridized carbons (Fsp3) is 0.368. The van der Waals surface area contributed by atoms with Gasteiger partial charge in [0.25, 0.3) is 5.56 Å². The molecule has 5 nitrogen and oxygen atoms in total. The molecule has 1 aliphatic rings. The minimum Gasteiger partial charge on any atom is -0.329 e. The van der Waals surface area contributed by atoms with Gasteiger partial charge in [0.05, 0.1) is 16.6 Å². The maximum Gasteiger partial charge on any atom is 0.253 e. The van der Waals surface area contributed by atoms with Gasteiger partial charge in [0.1, 0.15) is 0 Å². The average Bonchev–Trinajstić information content (AvgIpc) is 3.36. The Balaban J connectivity index is 1.93. The molecule has 1 saturated carbocycles. The van der Waals surface area contributed by atoms with Gasteiger partial charge in [-0.3, -0.25) is 9.48 Å². The van der Waals surface area contributed by atoms with Gasteiger partial charge in [-0.2, -0.15) is 4.39 Å². The molecule has 2 aromatic heterocycles. The molecule has 2 heterocycles. The Kier molecular flexibility index (Phi) is 4.26. The van der Waals surface area contributed by atoms with E-state index in [0.717, 1.165) is 23.2 Å². The van der Waals surface area contributed by atoms with Gasteiger partial charge in [0.2, 0.25) is 5.95 Å². The van der Waals surface area contributed by atoms with Crippen molar-refractivity contribution in [3.8, 4) is 11.1 Å². The highest BCUT2D eigenvalue weighted by Gasteiger charge is 2.25. The van der Waals surface area contributed by atoms with Gasteiger partial charge in [-0.1, -0.05) is 11.9 Å². The molecule has 0 unspecified atom stereocenters. The lowest BCUT2D eigenvalue weighted by Gasteiger charge is -2.11. The molecule has 7 heteroatoms. The van der Waals surface area contributed by atoms with Gasteiger partial charge in [-0.25, -0.2) is 0 Å². The first-order valence-corrected chi connectivity index (χ1v) is 9.87. The quantitative estimate of drug-likeness (QED) is 0.689. The number of nitrogens with zero attached hydrogens (tertiary/aromatic N) is 3. The lowest BCUT2D eigenvalue weighted by atomic mass is 10.0. The summed E-state index contributed by atoms with van der Waals surface area (Å²) in [5, 5.41) is 4.66. The summed E-state index contributed by atoms with van der Waals surface area (Å²) in [7, 11) is 1.75. The molecule has 1 fully saturated rings. The second-order valence-corrected chi connectivity index (χ2v) is 7.58. The summed E-state index contributed by atoms with van der Waals surface area (Å²) in [5.74, 6) is 0.151. The third-order valence-electron chi connectivity index (χ3n) is 4.85. The lowest BCUT2D eigenvalue weighted by molar-refractivity contribution is 0.512. The van der Waals surface area contributed by atoms with Crippen LogP contribution in [0.3, 0.4) is 0 Å². The number of pyridine rings is 1. The second-order valence-electron chi connectivity index (χ2n) is 6.97. The number of aryl methyl sites for hydroxylation is 2. The van der Waals surface area contributed by atoms with Crippen LogP contribution >= 0.6 is 11.9 Å². The van der Waals surface area contributed by atoms with Crippen LogP contribution in [0.2, 0.25) is 0 Å². The van der Waals surface area contributed by atoms with Crippen molar-refractivity contribution in [1.82, 2.24) is 14.3 Å². The van der Waals surface area contributed by atoms with E-state index in [-0.39, 0.29) is 5.56 Å². The number of halogens is 1. The maximum absolute atomic E-state index is 14.6. The first kappa shape index (κ1) is 17.1.